The van der Waals surface area contributed by atoms with E-state index in [0.717, 1.165) is 18.9 Å². The van der Waals surface area contributed by atoms with Crippen molar-refractivity contribution in [1.82, 2.24) is 4.31 Å². The van der Waals surface area contributed by atoms with Crippen LogP contribution in [0.15, 0.2) is 23.1 Å². The van der Waals surface area contributed by atoms with Gasteiger partial charge in [-0.1, -0.05) is 6.07 Å². The number of hydrogen-bond acceptors (Lipinski definition) is 3. The Bertz CT molecular complexity index is 628. The number of rotatable bonds is 3. The Morgan fingerprint density at radius 1 is 1.30 bits per heavy atom. The minimum absolute atomic E-state index is 0.0566. The van der Waals surface area contributed by atoms with E-state index in [1.165, 1.54) is 16.4 Å². The molecule has 1 aromatic rings. The Labute approximate surface area is 118 Å². The van der Waals surface area contributed by atoms with Crippen LogP contribution in [0.5, 0.6) is 0 Å². The summed E-state index contributed by atoms with van der Waals surface area (Å²) in [5.74, 6) is 0.286. The van der Waals surface area contributed by atoms with Crippen LogP contribution in [0.25, 0.3) is 0 Å². The van der Waals surface area contributed by atoms with Gasteiger partial charge in [0.15, 0.2) is 0 Å². The SMILES string of the molecule is Cc1ccc(F)cc1S(=O)(=O)N1C[C@H](C2CC2)[C@@H](N)C1. The number of benzene rings is 1. The predicted octanol–water partition coefficient (Wildman–Crippen LogP) is 1.49. The van der Waals surface area contributed by atoms with Crippen molar-refractivity contribution in [2.45, 2.75) is 30.7 Å². The number of aryl methyl sites for hydroxylation is 1. The average molecular weight is 298 g/mol. The Kier molecular flexibility index (Phi) is 3.35. The molecule has 2 aliphatic rings. The summed E-state index contributed by atoms with van der Waals surface area (Å²) in [5.41, 5.74) is 6.64. The van der Waals surface area contributed by atoms with Crippen molar-refractivity contribution in [2.24, 2.45) is 17.6 Å². The molecule has 1 aliphatic carbocycles. The zero-order chi connectivity index (χ0) is 14.5. The number of hydrogen-bond donors (Lipinski definition) is 1. The van der Waals surface area contributed by atoms with Gasteiger partial charge in [0, 0.05) is 19.1 Å². The first-order valence-corrected chi connectivity index (χ1v) is 8.35. The summed E-state index contributed by atoms with van der Waals surface area (Å²) in [7, 11) is -3.65. The molecule has 0 spiro atoms. The fourth-order valence-electron chi connectivity index (χ4n) is 3.03. The topological polar surface area (TPSA) is 63.4 Å². The summed E-state index contributed by atoms with van der Waals surface area (Å²) in [4.78, 5) is 0.0566. The van der Waals surface area contributed by atoms with Crippen LogP contribution in [-0.4, -0.2) is 31.9 Å². The summed E-state index contributed by atoms with van der Waals surface area (Å²) >= 11 is 0. The highest BCUT2D eigenvalue weighted by Gasteiger charge is 2.44. The van der Waals surface area contributed by atoms with Crippen LogP contribution in [-0.2, 0) is 10.0 Å². The minimum atomic E-state index is -3.65. The van der Waals surface area contributed by atoms with E-state index in [9.17, 15) is 12.8 Å². The molecule has 0 bridgehead atoms. The van der Waals surface area contributed by atoms with Crippen molar-refractivity contribution in [3.05, 3.63) is 29.6 Å². The van der Waals surface area contributed by atoms with Crippen molar-refractivity contribution >= 4 is 10.0 Å². The largest absolute Gasteiger partial charge is 0.326 e. The lowest BCUT2D eigenvalue weighted by Gasteiger charge is -2.18. The normalized spacial score (nSPS) is 27.9. The molecular weight excluding hydrogens is 279 g/mol. The van der Waals surface area contributed by atoms with Crippen molar-refractivity contribution in [3.63, 3.8) is 0 Å². The fourth-order valence-corrected chi connectivity index (χ4v) is 4.78. The van der Waals surface area contributed by atoms with Gasteiger partial charge in [-0.05, 0) is 49.3 Å². The molecule has 1 saturated heterocycles. The van der Waals surface area contributed by atoms with Gasteiger partial charge in [0.2, 0.25) is 10.0 Å². The highest BCUT2D eigenvalue weighted by molar-refractivity contribution is 7.89. The third-order valence-electron chi connectivity index (χ3n) is 4.37. The summed E-state index contributed by atoms with van der Waals surface area (Å²) in [6.45, 7) is 2.48. The minimum Gasteiger partial charge on any atom is -0.326 e. The second-order valence-corrected chi connectivity index (χ2v) is 7.80. The second-order valence-electron chi connectivity index (χ2n) is 5.90. The molecule has 4 nitrogen and oxygen atoms in total. The van der Waals surface area contributed by atoms with Gasteiger partial charge in [-0.25, -0.2) is 12.8 Å². The van der Waals surface area contributed by atoms with Crippen LogP contribution in [0.4, 0.5) is 4.39 Å². The van der Waals surface area contributed by atoms with Crippen LogP contribution >= 0.6 is 0 Å². The van der Waals surface area contributed by atoms with E-state index in [-0.39, 0.29) is 16.9 Å². The van der Waals surface area contributed by atoms with Crippen LogP contribution in [0.3, 0.4) is 0 Å². The van der Waals surface area contributed by atoms with Gasteiger partial charge in [-0.2, -0.15) is 4.31 Å². The van der Waals surface area contributed by atoms with Crippen LogP contribution in [0, 0.1) is 24.6 Å². The second kappa shape index (κ2) is 4.79. The van der Waals surface area contributed by atoms with Gasteiger partial charge in [0.25, 0.3) is 0 Å². The first-order chi connectivity index (χ1) is 9.39. The Morgan fingerprint density at radius 2 is 2.00 bits per heavy atom. The van der Waals surface area contributed by atoms with Crippen LogP contribution in [0.2, 0.25) is 0 Å². The number of nitrogens with two attached hydrogens (primary N) is 1. The molecule has 1 aromatic carbocycles. The first kappa shape index (κ1) is 14.0. The van der Waals surface area contributed by atoms with E-state index in [0.29, 0.717) is 24.6 Å². The van der Waals surface area contributed by atoms with Gasteiger partial charge in [-0.3, -0.25) is 0 Å². The lowest BCUT2D eigenvalue weighted by Crippen LogP contribution is -2.33. The van der Waals surface area contributed by atoms with Crippen LogP contribution in [0.1, 0.15) is 18.4 Å². The molecule has 0 amide bonds. The molecule has 1 aliphatic heterocycles. The number of sulfonamides is 1. The summed E-state index contributed by atoms with van der Waals surface area (Å²) in [6.07, 6.45) is 2.29. The summed E-state index contributed by atoms with van der Waals surface area (Å²) in [6, 6.07) is 3.76. The molecule has 1 heterocycles. The van der Waals surface area contributed by atoms with E-state index in [4.69, 9.17) is 5.73 Å². The van der Waals surface area contributed by atoms with E-state index in [2.05, 4.69) is 0 Å². The molecule has 3 rings (SSSR count). The smallest absolute Gasteiger partial charge is 0.243 e. The highest BCUT2D eigenvalue weighted by Crippen LogP contribution is 2.42. The van der Waals surface area contributed by atoms with Gasteiger partial charge in [-0.15, -0.1) is 0 Å². The molecule has 0 aromatic heterocycles. The van der Waals surface area contributed by atoms with Crippen molar-refractivity contribution in [1.29, 1.82) is 0 Å². The van der Waals surface area contributed by atoms with E-state index in [1.54, 1.807) is 6.92 Å². The molecular formula is C14H19FN2O2S. The molecule has 110 valence electrons. The van der Waals surface area contributed by atoms with Crippen molar-refractivity contribution in [3.8, 4) is 0 Å². The standard InChI is InChI=1S/C14H19FN2O2S/c1-9-2-5-11(15)6-14(9)20(18,19)17-7-12(10-3-4-10)13(16)8-17/h2,5-6,10,12-13H,3-4,7-8,16H2,1H3/t12-,13+/m1/s1. The van der Waals surface area contributed by atoms with Gasteiger partial charge < -0.3 is 5.73 Å². The zero-order valence-electron chi connectivity index (χ0n) is 11.4. The van der Waals surface area contributed by atoms with Crippen LogP contribution < -0.4 is 5.73 Å². The Balaban J connectivity index is 1.90. The monoisotopic (exact) mass is 298 g/mol. The molecule has 2 fully saturated rings. The Morgan fingerprint density at radius 3 is 2.65 bits per heavy atom. The molecule has 0 unspecified atom stereocenters. The maximum Gasteiger partial charge on any atom is 0.243 e. The molecule has 2 atom stereocenters. The predicted molar refractivity (Wildman–Crippen MR) is 74.1 cm³/mol. The summed E-state index contributed by atoms with van der Waals surface area (Å²) in [5, 5.41) is 0. The molecule has 6 heteroatoms. The van der Waals surface area contributed by atoms with E-state index < -0.39 is 15.8 Å². The maximum atomic E-state index is 13.3. The first-order valence-electron chi connectivity index (χ1n) is 6.91. The van der Waals surface area contributed by atoms with Gasteiger partial charge >= 0.3 is 0 Å². The average Bonchev–Trinajstić information content (AvgIpc) is 3.15. The molecule has 20 heavy (non-hydrogen) atoms. The Hall–Kier alpha value is -0.980. The fraction of sp³-hybridized carbons (Fsp3) is 0.571. The highest BCUT2D eigenvalue weighted by atomic mass is 32.2. The molecule has 0 radical (unpaired) electrons. The lowest BCUT2D eigenvalue weighted by molar-refractivity contribution is 0.427. The third kappa shape index (κ3) is 2.36. The quantitative estimate of drug-likeness (QED) is 0.919. The summed E-state index contributed by atoms with van der Waals surface area (Å²) < 4.78 is 40.1. The zero-order valence-corrected chi connectivity index (χ0v) is 12.2. The van der Waals surface area contributed by atoms with Gasteiger partial charge in [0.1, 0.15) is 5.82 Å². The molecule has 1 saturated carbocycles. The lowest BCUT2D eigenvalue weighted by atomic mass is 9.99. The van der Waals surface area contributed by atoms with Crippen molar-refractivity contribution < 1.29 is 12.8 Å². The molecule has 2 N–H and O–H groups in total. The number of nitrogens with zero attached hydrogens (tertiary/aromatic N) is 1. The number of halogens is 1. The third-order valence-corrected chi connectivity index (χ3v) is 6.35. The van der Waals surface area contributed by atoms with E-state index in [1.807, 2.05) is 0 Å². The van der Waals surface area contributed by atoms with E-state index >= 15 is 0 Å². The maximum absolute atomic E-state index is 13.3. The van der Waals surface area contributed by atoms with Crippen molar-refractivity contribution in [2.75, 3.05) is 13.1 Å². The van der Waals surface area contributed by atoms with Gasteiger partial charge in [0.05, 0.1) is 4.90 Å².